The van der Waals surface area contributed by atoms with Crippen LogP contribution < -0.4 is 9.95 Å². The highest BCUT2D eigenvalue weighted by Crippen LogP contribution is 2.29. The van der Waals surface area contributed by atoms with Crippen molar-refractivity contribution in [1.82, 2.24) is 4.48 Å². The standard InChI is InChI=1S/C21H40BN/c1-7-10-17-22(18-11-8-2,19-12-9-3)20-13-15-21(16-14-20)23(4,5)6/h13-16H,7-12,17-19H2,1-6H3. The van der Waals surface area contributed by atoms with Crippen LogP contribution in [0, 0.1) is 0 Å². The second-order valence-electron chi connectivity index (χ2n) is 8.51. The SMILES string of the molecule is CCCC[B-](CCCC)(CCCC)c1ccc([N+](C)(C)C)cc1. The van der Waals surface area contributed by atoms with E-state index in [1.165, 1.54) is 63.2 Å². The van der Waals surface area contributed by atoms with Gasteiger partial charge in [0.2, 0.25) is 0 Å². The third-order valence-electron chi connectivity index (χ3n) is 5.71. The molecule has 0 spiro atoms. The summed E-state index contributed by atoms with van der Waals surface area (Å²) in [4.78, 5) is 0. The van der Waals surface area contributed by atoms with E-state index in [2.05, 4.69) is 66.2 Å². The molecule has 0 aliphatic carbocycles. The third kappa shape index (κ3) is 5.99. The minimum absolute atomic E-state index is 0.371. The van der Waals surface area contributed by atoms with E-state index >= 15 is 0 Å². The Morgan fingerprint density at radius 1 is 0.696 bits per heavy atom. The molecule has 0 amide bonds. The quantitative estimate of drug-likeness (QED) is 0.350. The smallest absolute Gasteiger partial charge is 0.131 e. The molecule has 1 nitrogen and oxygen atoms in total. The monoisotopic (exact) mass is 317 g/mol. The number of quaternary nitrogens is 1. The summed E-state index contributed by atoms with van der Waals surface area (Å²) in [5.74, 6) is 0. The van der Waals surface area contributed by atoms with Crippen LogP contribution in [0.3, 0.4) is 0 Å². The average Bonchev–Trinajstić information content (AvgIpc) is 2.54. The van der Waals surface area contributed by atoms with Crippen LogP contribution in [0.15, 0.2) is 24.3 Å². The Balaban J connectivity index is 3.12. The fourth-order valence-corrected chi connectivity index (χ4v) is 4.05. The van der Waals surface area contributed by atoms with E-state index in [1.54, 1.807) is 5.46 Å². The second kappa shape index (κ2) is 9.52. The van der Waals surface area contributed by atoms with Crippen LogP contribution in [-0.2, 0) is 0 Å². The fraction of sp³-hybridized carbons (Fsp3) is 0.714. The fourth-order valence-electron chi connectivity index (χ4n) is 4.05. The summed E-state index contributed by atoms with van der Waals surface area (Å²) in [7, 11) is 6.75. The number of nitrogens with zero attached hydrogens (tertiary/aromatic N) is 1. The van der Waals surface area contributed by atoms with Crippen molar-refractivity contribution in [2.75, 3.05) is 21.1 Å². The van der Waals surface area contributed by atoms with Crippen molar-refractivity contribution in [3.63, 3.8) is 0 Å². The minimum Gasteiger partial charge on any atom is -0.298 e. The van der Waals surface area contributed by atoms with E-state index in [4.69, 9.17) is 0 Å². The lowest BCUT2D eigenvalue weighted by Crippen LogP contribution is -2.47. The summed E-state index contributed by atoms with van der Waals surface area (Å²) in [5, 5.41) is 0. The number of hydrogen-bond donors (Lipinski definition) is 0. The lowest BCUT2D eigenvalue weighted by atomic mass is 9.16. The Kier molecular flexibility index (Phi) is 8.40. The summed E-state index contributed by atoms with van der Waals surface area (Å²) in [6, 6.07) is 9.66. The Labute approximate surface area is 146 Å². The van der Waals surface area contributed by atoms with Crippen molar-refractivity contribution in [3.05, 3.63) is 24.3 Å². The van der Waals surface area contributed by atoms with Gasteiger partial charge < -0.3 is 0 Å². The van der Waals surface area contributed by atoms with Gasteiger partial charge in [0.15, 0.2) is 0 Å². The molecule has 0 bridgehead atoms. The largest absolute Gasteiger partial charge is 0.298 e. The van der Waals surface area contributed by atoms with Gasteiger partial charge in [0.05, 0.1) is 21.1 Å². The van der Waals surface area contributed by atoms with Gasteiger partial charge in [-0.1, -0.05) is 71.4 Å². The zero-order valence-corrected chi connectivity index (χ0v) is 16.7. The molecule has 1 aromatic rings. The lowest BCUT2D eigenvalue weighted by molar-refractivity contribution is 0.486. The molecule has 0 atom stereocenters. The minimum atomic E-state index is -0.371. The molecule has 0 aliphatic heterocycles. The summed E-state index contributed by atoms with van der Waals surface area (Å²) in [6.07, 6.45) is 12.0. The topological polar surface area (TPSA) is 0 Å². The summed E-state index contributed by atoms with van der Waals surface area (Å²) >= 11 is 0. The molecule has 132 valence electrons. The van der Waals surface area contributed by atoms with Gasteiger partial charge >= 0.3 is 0 Å². The van der Waals surface area contributed by atoms with Crippen LogP contribution in [0.25, 0.3) is 0 Å². The van der Waals surface area contributed by atoms with Gasteiger partial charge in [0.25, 0.3) is 0 Å². The van der Waals surface area contributed by atoms with Gasteiger partial charge in [-0.25, -0.2) is 5.46 Å². The molecule has 0 N–H and O–H groups in total. The van der Waals surface area contributed by atoms with Crippen LogP contribution in [0.4, 0.5) is 5.69 Å². The maximum absolute atomic E-state index is 2.46. The van der Waals surface area contributed by atoms with Crippen molar-refractivity contribution in [2.24, 2.45) is 0 Å². The van der Waals surface area contributed by atoms with Gasteiger partial charge in [-0.05, 0) is 12.1 Å². The maximum atomic E-state index is 2.46. The number of unbranched alkanes of at least 4 members (excludes halogenated alkanes) is 3. The molecule has 0 unspecified atom stereocenters. The van der Waals surface area contributed by atoms with Crippen molar-refractivity contribution < 1.29 is 0 Å². The molecule has 0 saturated carbocycles. The average molecular weight is 317 g/mol. The van der Waals surface area contributed by atoms with Crippen LogP contribution in [0.1, 0.15) is 59.3 Å². The predicted molar refractivity (Wildman–Crippen MR) is 111 cm³/mol. The van der Waals surface area contributed by atoms with E-state index in [9.17, 15) is 0 Å². The van der Waals surface area contributed by atoms with Crippen molar-refractivity contribution in [2.45, 2.75) is 78.3 Å². The first kappa shape index (κ1) is 20.3. The highest BCUT2D eigenvalue weighted by atomic mass is 15.3. The Morgan fingerprint density at radius 3 is 1.39 bits per heavy atom. The van der Waals surface area contributed by atoms with Gasteiger partial charge in [-0.15, -0.1) is 0 Å². The van der Waals surface area contributed by atoms with Crippen molar-refractivity contribution in [1.29, 1.82) is 0 Å². The number of benzene rings is 1. The van der Waals surface area contributed by atoms with E-state index in [0.29, 0.717) is 0 Å². The van der Waals surface area contributed by atoms with E-state index in [1.807, 2.05) is 0 Å². The van der Waals surface area contributed by atoms with Gasteiger partial charge in [-0.3, -0.25) is 4.48 Å². The highest BCUT2D eigenvalue weighted by molar-refractivity contribution is 6.91. The van der Waals surface area contributed by atoms with Crippen molar-refractivity contribution in [3.8, 4) is 0 Å². The third-order valence-corrected chi connectivity index (χ3v) is 5.71. The molecular weight excluding hydrogens is 277 g/mol. The number of rotatable bonds is 11. The Hall–Kier alpha value is -0.755. The first-order chi connectivity index (χ1) is 10.9. The molecule has 0 radical (unpaired) electrons. The first-order valence-corrected chi connectivity index (χ1v) is 10.0. The van der Waals surface area contributed by atoms with Crippen LogP contribution in [0.5, 0.6) is 0 Å². The normalized spacial score (nSPS) is 12.6. The van der Waals surface area contributed by atoms with Gasteiger partial charge in [0.1, 0.15) is 5.69 Å². The zero-order chi connectivity index (χ0) is 17.3. The predicted octanol–water partition coefficient (Wildman–Crippen LogP) is 5.94. The first-order valence-electron chi connectivity index (χ1n) is 10.0. The highest BCUT2D eigenvalue weighted by Gasteiger charge is 2.25. The number of hydrogen-bond acceptors (Lipinski definition) is 0. The van der Waals surface area contributed by atoms with E-state index in [-0.39, 0.29) is 6.15 Å². The van der Waals surface area contributed by atoms with Crippen LogP contribution in [-0.4, -0.2) is 27.3 Å². The molecule has 0 heterocycles. The molecule has 0 aliphatic rings. The van der Waals surface area contributed by atoms with Crippen molar-refractivity contribution >= 4 is 17.3 Å². The summed E-state index contributed by atoms with van der Waals surface area (Å²) in [5.41, 5.74) is 3.05. The summed E-state index contributed by atoms with van der Waals surface area (Å²) < 4.78 is 0.902. The maximum Gasteiger partial charge on any atom is 0.131 e. The van der Waals surface area contributed by atoms with Crippen LogP contribution in [0.2, 0.25) is 19.0 Å². The van der Waals surface area contributed by atoms with Crippen LogP contribution >= 0.6 is 0 Å². The second-order valence-corrected chi connectivity index (χ2v) is 8.51. The van der Waals surface area contributed by atoms with E-state index in [0.717, 1.165) is 4.48 Å². The Bertz CT molecular complexity index is 408. The molecular formula is C21H40BN. The summed E-state index contributed by atoms with van der Waals surface area (Å²) in [6.45, 7) is 7.00. The molecule has 0 aromatic heterocycles. The molecule has 2 heteroatoms. The van der Waals surface area contributed by atoms with E-state index < -0.39 is 0 Å². The van der Waals surface area contributed by atoms with Gasteiger partial charge in [-0.2, -0.15) is 19.0 Å². The molecule has 1 rings (SSSR count). The molecule has 0 saturated heterocycles. The molecule has 0 fully saturated rings. The van der Waals surface area contributed by atoms with Gasteiger partial charge in [0, 0.05) is 6.15 Å². The zero-order valence-electron chi connectivity index (χ0n) is 16.7. The Morgan fingerprint density at radius 2 is 1.09 bits per heavy atom. The lowest BCUT2D eigenvalue weighted by Gasteiger charge is -2.41. The molecule has 23 heavy (non-hydrogen) atoms. The molecule has 1 aromatic carbocycles.